The summed E-state index contributed by atoms with van der Waals surface area (Å²) < 4.78 is 0. The third kappa shape index (κ3) is 5.86. The third-order valence-corrected chi connectivity index (χ3v) is 5.41. The van der Waals surface area contributed by atoms with Gasteiger partial charge in [-0.2, -0.15) is 0 Å². The summed E-state index contributed by atoms with van der Waals surface area (Å²) in [7, 11) is 0. The minimum atomic E-state index is -0.297. The zero-order chi connectivity index (χ0) is 19.1. The Bertz CT molecular complexity index is 631. The number of unbranched alkanes of at least 4 members (excludes halogenated alkanes) is 1. The first kappa shape index (κ1) is 21.0. The highest BCUT2D eigenvalue weighted by atomic mass is 35.5. The number of carbonyl (C=O) groups is 2. The van der Waals surface area contributed by atoms with Gasteiger partial charge in [0.15, 0.2) is 0 Å². The molecule has 2 rings (SSSR count). The average molecular weight is 400 g/mol. The van der Waals surface area contributed by atoms with Crippen LogP contribution in [0.1, 0.15) is 39.5 Å². The van der Waals surface area contributed by atoms with Crippen molar-refractivity contribution in [3.8, 4) is 0 Å². The van der Waals surface area contributed by atoms with Gasteiger partial charge in [-0.15, -0.1) is 0 Å². The number of piperidine rings is 1. The molecular formula is C19H27Cl2N3O2. The van der Waals surface area contributed by atoms with Gasteiger partial charge in [-0.25, -0.2) is 0 Å². The van der Waals surface area contributed by atoms with Crippen LogP contribution in [0.25, 0.3) is 0 Å². The van der Waals surface area contributed by atoms with Crippen LogP contribution in [0, 0.1) is 5.92 Å². The Morgan fingerprint density at radius 2 is 1.96 bits per heavy atom. The summed E-state index contributed by atoms with van der Waals surface area (Å²) in [5.41, 5.74) is 0.515. The van der Waals surface area contributed by atoms with E-state index in [1.807, 2.05) is 6.92 Å². The molecule has 0 aliphatic carbocycles. The van der Waals surface area contributed by atoms with Crippen molar-refractivity contribution in [1.29, 1.82) is 0 Å². The third-order valence-electron chi connectivity index (χ3n) is 4.84. The van der Waals surface area contributed by atoms with Crippen LogP contribution in [0.2, 0.25) is 10.0 Å². The molecule has 1 heterocycles. The lowest BCUT2D eigenvalue weighted by Crippen LogP contribution is -2.48. The van der Waals surface area contributed by atoms with Gasteiger partial charge in [0.2, 0.25) is 11.8 Å². The van der Waals surface area contributed by atoms with E-state index in [1.165, 1.54) is 0 Å². The van der Waals surface area contributed by atoms with Crippen molar-refractivity contribution in [2.75, 3.05) is 25.0 Å². The SMILES string of the molecule is CCCCNC(=O)C1CCN([C@@H](C)C(=O)Nc2cc(Cl)ccc2Cl)CC1. The number of halogens is 2. The molecule has 1 fully saturated rings. The number of benzene rings is 1. The van der Waals surface area contributed by atoms with E-state index < -0.39 is 0 Å². The zero-order valence-electron chi connectivity index (χ0n) is 15.4. The molecule has 1 atom stereocenters. The Morgan fingerprint density at radius 1 is 1.27 bits per heavy atom. The fraction of sp³-hybridized carbons (Fsp3) is 0.579. The Hall–Kier alpha value is -1.30. The van der Waals surface area contributed by atoms with Gasteiger partial charge in [-0.05, 0) is 57.5 Å². The second-order valence-electron chi connectivity index (χ2n) is 6.74. The number of anilines is 1. The summed E-state index contributed by atoms with van der Waals surface area (Å²) in [4.78, 5) is 26.8. The van der Waals surface area contributed by atoms with Crippen molar-refractivity contribution in [2.45, 2.75) is 45.6 Å². The van der Waals surface area contributed by atoms with E-state index in [-0.39, 0.29) is 23.8 Å². The van der Waals surface area contributed by atoms with Gasteiger partial charge in [-0.1, -0.05) is 36.5 Å². The normalized spacial score (nSPS) is 16.9. The Kier molecular flexibility index (Phi) is 8.19. The molecule has 2 N–H and O–H groups in total. The highest BCUT2D eigenvalue weighted by Gasteiger charge is 2.29. The first-order valence-electron chi connectivity index (χ1n) is 9.20. The molecule has 2 amide bonds. The first-order valence-corrected chi connectivity index (χ1v) is 9.95. The maximum absolute atomic E-state index is 12.5. The van der Waals surface area contributed by atoms with Gasteiger partial charge in [0.1, 0.15) is 0 Å². The average Bonchev–Trinajstić information content (AvgIpc) is 2.64. The Labute approximate surface area is 165 Å². The number of amides is 2. The predicted molar refractivity (Wildman–Crippen MR) is 107 cm³/mol. The van der Waals surface area contributed by atoms with E-state index in [4.69, 9.17) is 23.2 Å². The van der Waals surface area contributed by atoms with Crippen LogP contribution in [0.5, 0.6) is 0 Å². The molecule has 5 nitrogen and oxygen atoms in total. The lowest BCUT2D eigenvalue weighted by molar-refractivity contribution is -0.127. The molecule has 1 aliphatic heterocycles. The molecule has 0 spiro atoms. The molecule has 1 aromatic rings. The number of likely N-dealkylation sites (tertiary alicyclic amines) is 1. The fourth-order valence-electron chi connectivity index (χ4n) is 3.08. The summed E-state index contributed by atoms with van der Waals surface area (Å²) in [6, 6.07) is 4.68. The van der Waals surface area contributed by atoms with E-state index >= 15 is 0 Å². The fourth-order valence-corrected chi connectivity index (χ4v) is 3.41. The summed E-state index contributed by atoms with van der Waals surface area (Å²) >= 11 is 12.1. The minimum Gasteiger partial charge on any atom is -0.356 e. The quantitative estimate of drug-likeness (QED) is 0.682. The van der Waals surface area contributed by atoms with Crippen molar-refractivity contribution in [2.24, 2.45) is 5.92 Å². The predicted octanol–water partition coefficient (Wildman–Crippen LogP) is 3.95. The Morgan fingerprint density at radius 3 is 2.62 bits per heavy atom. The van der Waals surface area contributed by atoms with E-state index in [9.17, 15) is 9.59 Å². The highest BCUT2D eigenvalue weighted by Crippen LogP contribution is 2.26. The highest BCUT2D eigenvalue weighted by molar-refractivity contribution is 6.35. The van der Waals surface area contributed by atoms with Crippen molar-refractivity contribution in [1.82, 2.24) is 10.2 Å². The molecule has 7 heteroatoms. The second kappa shape index (κ2) is 10.1. The number of nitrogens with one attached hydrogen (secondary N) is 2. The van der Waals surface area contributed by atoms with Gasteiger partial charge in [0.05, 0.1) is 16.8 Å². The van der Waals surface area contributed by atoms with Gasteiger partial charge in [-0.3, -0.25) is 14.5 Å². The van der Waals surface area contributed by atoms with E-state index in [1.54, 1.807) is 18.2 Å². The molecule has 1 aliphatic rings. The molecule has 0 radical (unpaired) electrons. The summed E-state index contributed by atoms with van der Waals surface area (Å²) in [6.45, 7) is 6.17. The number of carbonyl (C=O) groups excluding carboxylic acids is 2. The second-order valence-corrected chi connectivity index (χ2v) is 7.59. The summed E-state index contributed by atoms with van der Waals surface area (Å²) in [5, 5.41) is 6.82. The van der Waals surface area contributed by atoms with Crippen molar-refractivity contribution in [3.63, 3.8) is 0 Å². The minimum absolute atomic E-state index is 0.0424. The topological polar surface area (TPSA) is 61.4 Å². The lowest BCUT2D eigenvalue weighted by Gasteiger charge is -2.34. The van der Waals surface area contributed by atoms with Gasteiger partial charge in [0, 0.05) is 17.5 Å². The summed E-state index contributed by atoms with van der Waals surface area (Å²) in [6.07, 6.45) is 3.62. The zero-order valence-corrected chi connectivity index (χ0v) is 16.9. The van der Waals surface area contributed by atoms with Crippen LogP contribution in [0.4, 0.5) is 5.69 Å². The number of hydrogen-bond acceptors (Lipinski definition) is 3. The number of rotatable bonds is 7. The van der Waals surface area contributed by atoms with Crippen LogP contribution in [0.3, 0.4) is 0 Å². The van der Waals surface area contributed by atoms with Crippen LogP contribution in [0.15, 0.2) is 18.2 Å². The molecule has 0 unspecified atom stereocenters. The van der Waals surface area contributed by atoms with Crippen molar-refractivity contribution < 1.29 is 9.59 Å². The molecule has 26 heavy (non-hydrogen) atoms. The number of nitrogens with zero attached hydrogens (tertiary/aromatic N) is 1. The van der Waals surface area contributed by atoms with Crippen molar-refractivity contribution >= 4 is 40.7 Å². The monoisotopic (exact) mass is 399 g/mol. The Balaban J connectivity index is 1.83. The van der Waals surface area contributed by atoms with E-state index in [0.29, 0.717) is 15.7 Å². The van der Waals surface area contributed by atoms with Crippen LogP contribution >= 0.6 is 23.2 Å². The smallest absolute Gasteiger partial charge is 0.241 e. The number of hydrogen-bond donors (Lipinski definition) is 2. The molecule has 144 valence electrons. The molecular weight excluding hydrogens is 373 g/mol. The van der Waals surface area contributed by atoms with E-state index in [2.05, 4.69) is 22.5 Å². The van der Waals surface area contributed by atoms with Crippen LogP contribution in [-0.4, -0.2) is 42.4 Å². The standard InChI is InChI=1S/C19H27Cl2N3O2/c1-3-4-9-22-19(26)14-7-10-24(11-8-14)13(2)18(25)23-17-12-15(20)5-6-16(17)21/h5-6,12-14H,3-4,7-11H2,1-2H3,(H,22,26)(H,23,25)/t13-/m0/s1. The first-order chi connectivity index (χ1) is 12.4. The molecule has 1 aromatic carbocycles. The molecule has 1 saturated heterocycles. The largest absolute Gasteiger partial charge is 0.356 e. The van der Waals surface area contributed by atoms with Gasteiger partial charge in [0.25, 0.3) is 0 Å². The van der Waals surface area contributed by atoms with E-state index in [0.717, 1.165) is 45.3 Å². The maximum Gasteiger partial charge on any atom is 0.241 e. The molecule has 0 aromatic heterocycles. The molecule has 0 saturated carbocycles. The summed E-state index contributed by atoms with van der Waals surface area (Å²) in [5.74, 6) is 0.0571. The lowest BCUT2D eigenvalue weighted by atomic mass is 9.95. The van der Waals surface area contributed by atoms with Gasteiger partial charge < -0.3 is 10.6 Å². The van der Waals surface area contributed by atoms with Crippen LogP contribution in [-0.2, 0) is 9.59 Å². The van der Waals surface area contributed by atoms with Crippen molar-refractivity contribution in [3.05, 3.63) is 28.2 Å². The molecule has 0 bridgehead atoms. The van der Waals surface area contributed by atoms with Gasteiger partial charge >= 0.3 is 0 Å². The van der Waals surface area contributed by atoms with Crippen LogP contribution < -0.4 is 10.6 Å². The maximum atomic E-state index is 12.5.